The number of hydrogen-bond acceptors (Lipinski definition) is 4. The zero-order valence-electron chi connectivity index (χ0n) is 12.2. The van der Waals surface area contributed by atoms with Crippen LogP contribution in [0.1, 0.15) is 15.9 Å². The summed E-state index contributed by atoms with van der Waals surface area (Å²) in [5.74, 6) is 0.167. The molecule has 6 nitrogen and oxygen atoms in total. The first kappa shape index (κ1) is 13.9. The summed E-state index contributed by atoms with van der Waals surface area (Å²) >= 11 is 0. The van der Waals surface area contributed by atoms with E-state index in [-0.39, 0.29) is 5.56 Å². The molecule has 0 radical (unpaired) electrons. The standard InChI is InChI=1S/C16H15N3O3/c1-9-7-11(22-2)4-5-12(9)14-15(17)19-8-10(16(20)21)3-6-13(19)18-14/h3-8H,17H2,1-2H3,(H,20,21). The molecule has 0 unspecified atom stereocenters. The number of nitrogens with two attached hydrogens (primary N) is 1. The Morgan fingerprint density at radius 2 is 2.09 bits per heavy atom. The fraction of sp³-hybridized carbons (Fsp3) is 0.125. The molecule has 0 bridgehead atoms. The number of carboxylic acids is 1. The van der Waals surface area contributed by atoms with Crippen LogP contribution in [0, 0.1) is 6.92 Å². The van der Waals surface area contributed by atoms with Crippen LogP contribution in [0.2, 0.25) is 0 Å². The van der Waals surface area contributed by atoms with Crippen LogP contribution in [0.3, 0.4) is 0 Å². The zero-order valence-corrected chi connectivity index (χ0v) is 12.2. The second kappa shape index (κ2) is 5.07. The Kier molecular flexibility index (Phi) is 3.21. The molecule has 0 aliphatic carbocycles. The minimum absolute atomic E-state index is 0.162. The predicted octanol–water partition coefficient (Wildman–Crippen LogP) is 2.60. The van der Waals surface area contributed by atoms with E-state index in [2.05, 4.69) is 4.98 Å². The second-order valence-electron chi connectivity index (χ2n) is 4.98. The van der Waals surface area contributed by atoms with Crippen LogP contribution in [0.5, 0.6) is 5.75 Å². The Morgan fingerprint density at radius 1 is 1.32 bits per heavy atom. The number of carboxylic acid groups (broad SMARTS) is 1. The number of nitrogens with zero attached hydrogens (tertiary/aromatic N) is 2. The van der Waals surface area contributed by atoms with Crippen molar-refractivity contribution in [3.63, 3.8) is 0 Å². The van der Waals surface area contributed by atoms with E-state index in [4.69, 9.17) is 15.6 Å². The van der Waals surface area contributed by atoms with Crippen molar-refractivity contribution in [3.05, 3.63) is 47.7 Å². The summed E-state index contributed by atoms with van der Waals surface area (Å²) in [5, 5.41) is 9.07. The Balaban J connectivity index is 2.19. The van der Waals surface area contributed by atoms with E-state index in [0.717, 1.165) is 16.9 Å². The number of carbonyl (C=O) groups is 1. The van der Waals surface area contributed by atoms with Crippen molar-refractivity contribution in [1.82, 2.24) is 9.38 Å². The summed E-state index contributed by atoms with van der Waals surface area (Å²) in [5.41, 5.74) is 9.42. The lowest BCUT2D eigenvalue weighted by Crippen LogP contribution is -2.00. The molecule has 6 heteroatoms. The number of aromatic nitrogens is 2. The summed E-state index contributed by atoms with van der Waals surface area (Å²) < 4.78 is 6.78. The van der Waals surface area contributed by atoms with Gasteiger partial charge in [-0.15, -0.1) is 0 Å². The van der Waals surface area contributed by atoms with Gasteiger partial charge < -0.3 is 15.6 Å². The number of imidazole rings is 1. The van der Waals surface area contributed by atoms with Gasteiger partial charge in [0, 0.05) is 11.8 Å². The maximum atomic E-state index is 11.1. The molecule has 0 saturated heterocycles. The first-order valence-electron chi connectivity index (χ1n) is 6.67. The zero-order chi connectivity index (χ0) is 15.9. The van der Waals surface area contributed by atoms with Crippen molar-refractivity contribution < 1.29 is 14.6 Å². The normalized spacial score (nSPS) is 10.8. The fourth-order valence-electron chi connectivity index (χ4n) is 2.42. The average molecular weight is 297 g/mol. The van der Waals surface area contributed by atoms with E-state index in [1.54, 1.807) is 17.6 Å². The molecule has 0 fully saturated rings. The SMILES string of the molecule is COc1ccc(-c2nc3ccc(C(=O)O)cn3c2N)c(C)c1. The molecular weight excluding hydrogens is 282 g/mol. The van der Waals surface area contributed by atoms with Gasteiger partial charge in [0.05, 0.1) is 12.7 Å². The van der Waals surface area contributed by atoms with E-state index < -0.39 is 5.97 Å². The Morgan fingerprint density at radius 3 is 2.73 bits per heavy atom. The summed E-state index contributed by atoms with van der Waals surface area (Å²) in [7, 11) is 1.61. The van der Waals surface area contributed by atoms with Crippen molar-refractivity contribution >= 4 is 17.4 Å². The van der Waals surface area contributed by atoms with Crippen molar-refractivity contribution in [1.29, 1.82) is 0 Å². The molecule has 0 saturated carbocycles. The third-order valence-corrected chi connectivity index (χ3v) is 3.59. The van der Waals surface area contributed by atoms with Gasteiger partial charge in [-0.05, 0) is 42.8 Å². The number of aromatic carboxylic acids is 1. The number of pyridine rings is 1. The van der Waals surface area contributed by atoms with E-state index in [1.807, 2.05) is 25.1 Å². The lowest BCUT2D eigenvalue weighted by Gasteiger charge is -2.06. The van der Waals surface area contributed by atoms with Crippen LogP contribution < -0.4 is 10.5 Å². The van der Waals surface area contributed by atoms with Crippen molar-refractivity contribution in [2.24, 2.45) is 0 Å². The van der Waals surface area contributed by atoms with Crippen LogP contribution in [0.15, 0.2) is 36.5 Å². The van der Waals surface area contributed by atoms with Crippen molar-refractivity contribution in [2.45, 2.75) is 6.92 Å². The number of hydrogen-bond donors (Lipinski definition) is 2. The highest BCUT2D eigenvalue weighted by Crippen LogP contribution is 2.31. The Bertz CT molecular complexity index is 884. The van der Waals surface area contributed by atoms with E-state index in [0.29, 0.717) is 17.2 Å². The maximum absolute atomic E-state index is 11.1. The van der Waals surface area contributed by atoms with Crippen LogP contribution in [-0.4, -0.2) is 27.6 Å². The quantitative estimate of drug-likeness (QED) is 0.775. The van der Waals surface area contributed by atoms with Gasteiger partial charge in [-0.3, -0.25) is 4.40 Å². The Hall–Kier alpha value is -3.02. The minimum atomic E-state index is -1.00. The third kappa shape index (κ3) is 2.14. The molecule has 2 aromatic heterocycles. The molecule has 3 N–H and O–H groups in total. The molecule has 0 amide bonds. The van der Waals surface area contributed by atoms with Crippen LogP contribution in [0.4, 0.5) is 5.82 Å². The minimum Gasteiger partial charge on any atom is -0.497 e. The molecule has 0 aliphatic heterocycles. The number of fused-ring (bicyclic) bond motifs is 1. The predicted molar refractivity (Wildman–Crippen MR) is 83.3 cm³/mol. The summed E-state index contributed by atoms with van der Waals surface area (Å²) in [4.78, 5) is 15.6. The van der Waals surface area contributed by atoms with Gasteiger partial charge in [0.15, 0.2) is 0 Å². The highest BCUT2D eigenvalue weighted by molar-refractivity contribution is 5.88. The van der Waals surface area contributed by atoms with E-state index in [9.17, 15) is 4.79 Å². The second-order valence-corrected chi connectivity index (χ2v) is 4.98. The van der Waals surface area contributed by atoms with Gasteiger partial charge in [-0.25, -0.2) is 9.78 Å². The summed E-state index contributed by atoms with van der Waals surface area (Å²) in [6.07, 6.45) is 1.47. The number of nitrogen functional groups attached to an aromatic ring is 1. The number of methoxy groups -OCH3 is 1. The molecule has 0 spiro atoms. The number of rotatable bonds is 3. The van der Waals surface area contributed by atoms with Crippen LogP contribution in [-0.2, 0) is 0 Å². The first-order valence-corrected chi connectivity index (χ1v) is 6.67. The molecular formula is C16H15N3O3. The van der Waals surface area contributed by atoms with Crippen LogP contribution in [0.25, 0.3) is 16.9 Å². The van der Waals surface area contributed by atoms with Gasteiger partial charge in [0.1, 0.15) is 22.9 Å². The highest BCUT2D eigenvalue weighted by Gasteiger charge is 2.15. The van der Waals surface area contributed by atoms with Gasteiger partial charge in [0.25, 0.3) is 0 Å². The van der Waals surface area contributed by atoms with E-state index >= 15 is 0 Å². The monoisotopic (exact) mass is 297 g/mol. The average Bonchev–Trinajstić information content (AvgIpc) is 2.83. The van der Waals surface area contributed by atoms with Gasteiger partial charge >= 0.3 is 5.97 Å². The molecule has 0 aliphatic rings. The van der Waals surface area contributed by atoms with Crippen molar-refractivity contribution in [3.8, 4) is 17.0 Å². The Labute approximate surface area is 126 Å². The molecule has 1 aromatic carbocycles. The number of benzene rings is 1. The van der Waals surface area contributed by atoms with Gasteiger partial charge in [-0.2, -0.15) is 0 Å². The summed E-state index contributed by atoms with van der Waals surface area (Å²) in [6, 6.07) is 8.79. The molecule has 3 aromatic rings. The van der Waals surface area contributed by atoms with Crippen molar-refractivity contribution in [2.75, 3.05) is 12.8 Å². The highest BCUT2D eigenvalue weighted by atomic mass is 16.5. The van der Waals surface area contributed by atoms with Gasteiger partial charge in [0.2, 0.25) is 0 Å². The molecule has 112 valence electrons. The van der Waals surface area contributed by atoms with E-state index in [1.165, 1.54) is 12.3 Å². The molecule has 2 heterocycles. The maximum Gasteiger partial charge on any atom is 0.337 e. The topological polar surface area (TPSA) is 89.8 Å². The first-order chi connectivity index (χ1) is 10.5. The summed E-state index contributed by atoms with van der Waals surface area (Å²) in [6.45, 7) is 1.95. The smallest absolute Gasteiger partial charge is 0.337 e. The number of anilines is 1. The number of aryl methyl sites for hydroxylation is 1. The van der Waals surface area contributed by atoms with Crippen LogP contribution >= 0.6 is 0 Å². The molecule has 0 atom stereocenters. The molecule has 3 rings (SSSR count). The lowest BCUT2D eigenvalue weighted by molar-refractivity contribution is 0.0696. The lowest BCUT2D eigenvalue weighted by atomic mass is 10.1. The largest absolute Gasteiger partial charge is 0.497 e. The fourth-order valence-corrected chi connectivity index (χ4v) is 2.42. The number of ether oxygens (including phenoxy) is 1. The molecule has 22 heavy (non-hydrogen) atoms. The van der Waals surface area contributed by atoms with Gasteiger partial charge in [-0.1, -0.05) is 0 Å². The third-order valence-electron chi connectivity index (χ3n) is 3.59.